The molecule has 0 aromatic rings. The highest BCUT2D eigenvalue weighted by molar-refractivity contribution is 5.77. The quantitative estimate of drug-likeness (QED) is 0.714. The van der Waals surface area contributed by atoms with Gasteiger partial charge in [0, 0.05) is 12.1 Å². The van der Waals surface area contributed by atoms with Crippen LogP contribution in [0.25, 0.3) is 0 Å². The molecule has 0 bridgehead atoms. The number of carbonyl (C=O) groups is 2. The zero-order chi connectivity index (χ0) is 13.8. The van der Waals surface area contributed by atoms with Gasteiger partial charge in [-0.1, -0.05) is 25.7 Å². The van der Waals surface area contributed by atoms with Crippen LogP contribution >= 0.6 is 0 Å². The van der Waals surface area contributed by atoms with Gasteiger partial charge in [-0.15, -0.1) is 0 Å². The zero-order valence-electron chi connectivity index (χ0n) is 11.5. The molecular formula is C14H24N2O3. The smallest absolute Gasteiger partial charge is 0.315 e. The first-order valence-corrected chi connectivity index (χ1v) is 7.36. The summed E-state index contributed by atoms with van der Waals surface area (Å²) < 4.78 is 0. The first-order valence-electron chi connectivity index (χ1n) is 7.36. The van der Waals surface area contributed by atoms with Crippen molar-refractivity contribution in [3.63, 3.8) is 0 Å². The lowest BCUT2D eigenvalue weighted by molar-refractivity contribution is -0.143. The fourth-order valence-electron chi connectivity index (χ4n) is 2.95. The predicted octanol–water partition coefficient (Wildman–Crippen LogP) is 2.12. The molecule has 2 rings (SSSR count). The number of carbonyl (C=O) groups excluding carboxylic acids is 1. The summed E-state index contributed by atoms with van der Waals surface area (Å²) in [6.07, 6.45) is 6.94. The van der Waals surface area contributed by atoms with Crippen molar-refractivity contribution >= 4 is 12.0 Å². The number of urea groups is 1. The lowest BCUT2D eigenvalue weighted by atomic mass is 9.84. The van der Waals surface area contributed by atoms with Crippen LogP contribution in [0, 0.1) is 11.8 Å². The number of rotatable bonds is 5. The molecule has 0 spiro atoms. The van der Waals surface area contributed by atoms with Crippen molar-refractivity contribution < 1.29 is 14.7 Å². The lowest BCUT2D eigenvalue weighted by Crippen LogP contribution is -2.50. The van der Waals surface area contributed by atoms with Crippen LogP contribution < -0.4 is 10.6 Å². The molecule has 2 fully saturated rings. The van der Waals surface area contributed by atoms with Crippen molar-refractivity contribution in [1.82, 2.24) is 10.6 Å². The van der Waals surface area contributed by atoms with Gasteiger partial charge in [0.1, 0.15) is 0 Å². The van der Waals surface area contributed by atoms with E-state index in [-0.39, 0.29) is 18.1 Å². The van der Waals surface area contributed by atoms with E-state index in [0.29, 0.717) is 6.42 Å². The molecule has 19 heavy (non-hydrogen) atoms. The van der Waals surface area contributed by atoms with Gasteiger partial charge in [-0.3, -0.25) is 4.79 Å². The third-order valence-corrected chi connectivity index (χ3v) is 4.16. The SMILES string of the molecule is CC(CC1CC1)NC(=O)NC1CCCCC1C(=O)O. The Kier molecular flexibility index (Phi) is 4.66. The van der Waals surface area contributed by atoms with Gasteiger partial charge in [0.05, 0.1) is 5.92 Å². The summed E-state index contributed by atoms with van der Waals surface area (Å²) in [6, 6.07) is -0.273. The van der Waals surface area contributed by atoms with Crippen LogP contribution in [-0.4, -0.2) is 29.2 Å². The molecule has 2 saturated carbocycles. The third-order valence-electron chi connectivity index (χ3n) is 4.16. The lowest BCUT2D eigenvalue weighted by Gasteiger charge is -2.29. The van der Waals surface area contributed by atoms with Gasteiger partial charge in [0.15, 0.2) is 0 Å². The average molecular weight is 268 g/mol. The summed E-state index contributed by atoms with van der Waals surface area (Å²) in [5.41, 5.74) is 0. The van der Waals surface area contributed by atoms with Gasteiger partial charge in [0.25, 0.3) is 0 Å². The molecule has 3 unspecified atom stereocenters. The second kappa shape index (κ2) is 6.26. The Labute approximate surface area is 114 Å². The molecule has 0 radical (unpaired) electrons. The number of carboxylic acids is 1. The number of carboxylic acid groups (broad SMARTS) is 1. The van der Waals surface area contributed by atoms with Crippen LogP contribution in [-0.2, 0) is 4.79 Å². The first kappa shape index (κ1) is 14.2. The fourth-order valence-corrected chi connectivity index (χ4v) is 2.95. The Morgan fingerprint density at radius 1 is 1.21 bits per heavy atom. The molecule has 0 aromatic carbocycles. The summed E-state index contributed by atoms with van der Waals surface area (Å²) in [4.78, 5) is 23.0. The molecule has 3 atom stereocenters. The molecular weight excluding hydrogens is 244 g/mol. The number of nitrogens with one attached hydrogen (secondary N) is 2. The van der Waals surface area contributed by atoms with E-state index in [1.165, 1.54) is 12.8 Å². The molecule has 0 heterocycles. The first-order chi connectivity index (χ1) is 9.06. The predicted molar refractivity (Wildman–Crippen MR) is 71.9 cm³/mol. The van der Waals surface area contributed by atoms with Gasteiger partial charge in [-0.25, -0.2) is 4.79 Å². The standard InChI is InChI=1S/C14H24N2O3/c1-9(8-10-6-7-10)15-14(19)16-12-5-3-2-4-11(12)13(17)18/h9-12H,2-8H2,1H3,(H,17,18)(H2,15,16,19). The number of aliphatic carboxylic acids is 1. The van der Waals surface area contributed by atoms with E-state index in [1.54, 1.807) is 0 Å². The molecule has 2 aliphatic rings. The van der Waals surface area contributed by atoms with Crippen molar-refractivity contribution in [2.75, 3.05) is 0 Å². The van der Waals surface area contributed by atoms with Crippen molar-refractivity contribution in [1.29, 1.82) is 0 Å². The minimum atomic E-state index is -0.795. The summed E-state index contributed by atoms with van der Waals surface area (Å²) in [5.74, 6) is -0.453. The van der Waals surface area contributed by atoms with Gasteiger partial charge in [-0.2, -0.15) is 0 Å². The zero-order valence-corrected chi connectivity index (χ0v) is 11.5. The van der Waals surface area contributed by atoms with E-state index in [9.17, 15) is 9.59 Å². The molecule has 0 aromatic heterocycles. The highest BCUT2D eigenvalue weighted by Crippen LogP contribution is 2.33. The van der Waals surface area contributed by atoms with Crippen LogP contribution in [0.15, 0.2) is 0 Å². The highest BCUT2D eigenvalue weighted by atomic mass is 16.4. The Morgan fingerprint density at radius 3 is 2.53 bits per heavy atom. The summed E-state index contributed by atoms with van der Waals surface area (Å²) in [7, 11) is 0. The molecule has 3 N–H and O–H groups in total. The third kappa shape index (κ3) is 4.40. The topological polar surface area (TPSA) is 78.4 Å². The molecule has 2 amide bonds. The van der Waals surface area contributed by atoms with Gasteiger partial charge in [-0.05, 0) is 32.1 Å². The molecule has 0 aliphatic heterocycles. The van der Waals surface area contributed by atoms with E-state index in [2.05, 4.69) is 10.6 Å². The van der Waals surface area contributed by atoms with Crippen LogP contribution in [0.2, 0.25) is 0 Å². The van der Waals surface area contributed by atoms with Crippen LogP contribution in [0.1, 0.15) is 51.9 Å². The van der Waals surface area contributed by atoms with Crippen LogP contribution in [0.3, 0.4) is 0 Å². The van der Waals surface area contributed by atoms with Gasteiger partial charge in [0.2, 0.25) is 0 Å². The number of amides is 2. The van der Waals surface area contributed by atoms with Gasteiger partial charge < -0.3 is 15.7 Å². The van der Waals surface area contributed by atoms with Crippen molar-refractivity contribution in [2.24, 2.45) is 11.8 Å². The summed E-state index contributed by atoms with van der Waals surface area (Å²) in [5, 5.41) is 14.9. The molecule has 5 nitrogen and oxygen atoms in total. The fraction of sp³-hybridized carbons (Fsp3) is 0.857. The monoisotopic (exact) mass is 268 g/mol. The van der Waals surface area contributed by atoms with E-state index < -0.39 is 11.9 Å². The average Bonchev–Trinajstić information content (AvgIpc) is 3.12. The maximum atomic E-state index is 11.9. The Hall–Kier alpha value is -1.26. The van der Waals surface area contributed by atoms with Gasteiger partial charge >= 0.3 is 12.0 Å². The Bertz CT molecular complexity index is 342. The van der Waals surface area contributed by atoms with Crippen LogP contribution in [0.5, 0.6) is 0 Å². The molecule has 5 heteroatoms. The molecule has 2 aliphatic carbocycles. The van der Waals surface area contributed by atoms with Crippen molar-refractivity contribution in [3.8, 4) is 0 Å². The second-order valence-electron chi connectivity index (χ2n) is 6.03. The Balaban J connectivity index is 1.77. The highest BCUT2D eigenvalue weighted by Gasteiger charge is 2.32. The van der Waals surface area contributed by atoms with Crippen molar-refractivity contribution in [3.05, 3.63) is 0 Å². The maximum absolute atomic E-state index is 11.9. The second-order valence-corrected chi connectivity index (χ2v) is 6.03. The molecule has 0 saturated heterocycles. The minimum absolute atomic E-state index is 0.166. The van der Waals surface area contributed by atoms with Crippen molar-refractivity contribution in [2.45, 2.75) is 64.0 Å². The Morgan fingerprint density at radius 2 is 1.89 bits per heavy atom. The van der Waals surface area contributed by atoms with Crippen LogP contribution in [0.4, 0.5) is 4.79 Å². The summed E-state index contributed by atoms with van der Waals surface area (Å²) in [6.45, 7) is 2.01. The van der Waals surface area contributed by atoms with E-state index in [4.69, 9.17) is 5.11 Å². The number of hydrogen-bond donors (Lipinski definition) is 3. The maximum Gasteiger partial charge on any atom is 0.315 e. The normalized spacial score (nSPS) is 28.5. The minimum Gasteiger partial charge on any atom is -0.481 e. The van der Waals surface area contributed by atoms with E-state index in [0.717, 1.165) is 31.6 Å². The summed E-state index contributed by atoms with van der Waals surface area (Å²) >= 11 is 0. The van der Waals surface area contributed by atoms with E-state index >= 15 is 0 Å². The molecule has 108 valence electrons. The largest absolute Gasteiger partial charge is 0.481 e. The number of hydrogen-bond acceptors (Lipinski definition) is 2. The van der Waals surface area contributed by atoms with E-state index in [1.807, 2.05) is 6.92 Å².